The summed E-state index contributed by atoms with van der Waals surface area (Å²) in [6.45, 7) is 8.11. The fourth-order valence-corrected chi connectivity index (χ4v) is 1.87. The molecule has 0 bridgehead atoms. The van der Waals surface area contributed by atoms with Crippen LogP contribution in [-0.4, -0.2) is 0 Å². The Bertz CT molecular complexity index is 233. The van der Waals surface area contributed by atoms with Crippen LogP contribution in [0.5, 0.6) is 0 Å². The van der Waals surface area contributed by atoms with Crippen LogP contribution in [0.4, 0.5) is 0 Å². The van der Waals surface area contributed by atoms with Crippen molar-refractivity contribution in [3.63, 3.8) is 0 Å². The minimum Gasteiger partial charge on any atom is -0.106 e. The van der Waals surface area contributed by atoms with Crippen LogP contribution >= 0.6 is 38.5 Å². The van der Waals surface area contributed by atoms with Gasteiger partial charge in [0.25, 0.3) is 0 Å². The predicted molar refractivity (Wildman–Crippen MR) is 62.9 cm³/mol. The SMILES string of the molecule is C=C.Cc1ccc(Br)cc1I. The maximum absolute atomic E-state index is 3.39. The van der Waals surface area contributed by atoms with Crippen LogP contribution in [-0.2, 0) is 0 Å². The van der Waals surface area contributed by atoms with Gasteiger partial charge in [-0.25, -0.2) is 0 Å². The molecule has 0 unspecified atom stereocenters. The number of hydrogen-bond donors (Lipinski definition) is 0. The number of benzene rings is 1. The molecule has 0 saturated carbocycles. The van der Waals surface area contributed by atoms with E-state index in [1.165, 1.54) is 9.13 Å². The molecule has 0 aliphatic rings. The fourth-order valence-electron chi connectivity index (χ4n) is 0.567. The summed E-state index contributed by atoms with van der Waals surface area (Å²) in [5.41, 5.74) is 1.33. The van der Waals surface area contributed by atoms with Crippen molar-refractivity contribution in [2.75, 3.05) is 0 Å². The maximum atomic E-state index is 3.39. The van der Waals surface area contributed by atoms with Crippen molar-refractivity contribution in [1.82, 2.24) is 0 Å². The van der Waals surface area contributed by atoms with Crippen molar-refractivity contribution in [2.24, 2.45) is 0 Å². The van der Waals surface area contributed by atoms with Gasteiger partial charge >= 0.3 is 0 Å². The number of aryl methyl sites for hydroxylation is 1. The highest BCUT2D eigenvalue weighted by Crippen LogP contribution is 2.16. The van der Waals surface area contributed by atoms with E-state index in [2.05, 4.69) is 76.8 Å². The molecule has 1 aromatic carbocycles. The standard InChI is InChI=1S/C7H6BrI.C2H4/c1-5-2-3-6(8)4-7(5)9;1-2/h2-4H,1H3;1-2H2. The zero-order chi connectivity index (χ0) is 8.85. The minimum atomic E-state index is 1.15. The summed E-state index contributed by atoms with van der Waals surface area (Å²) in [4.78, 5) is 0. The molecule has 0 aliphatic heterocycles. The van der Waals surface area contributed by atoms with Crippen LogP contribution in [0.1, 0.15) is 5.56 Å². The molecule has 0 N–H and O–H groups in total. The molecule has 60 valence electrons. The Kier molecular flexibility index (Phi) is 5.86. The molecule has 11 heavy (non-hydrogen) atoms. The Morgan fingerprint density at radius 3 is 2.27 bits per heavy atom. The molecule has 0 aliphatic carbocycles. The topological polar surface area (TPSA) is 0 Å². The van der Waals surface area contributed by atoms with E-state index >= 15 is 0 Å². The first-order valence-corrected chi connectivity index (χ1v) is 4.99. The molecular formula is C9H10BrI. The third-order valence-electron chi connectivity index (χ3n) is 1.13. The Morgan fingerprint density at radius 1 is 1.36 bits per heavy atom. The highest BCUT2D eigenvalue weighted by Gasteiger charge is 1.91. The van der Waals surface area contributed by atoms with E-state index in [4.69, 9.17) is 0 Å². The smallest absolute Gasteiger partial charge is 0.0185 e. The molecule has 0 nitrogen and oxygen atoms in total. The van der Waals surface area contributed by atoms with Gasteiger partial charge in [-0.15, -0.1) is 13.2 Å². The van der Waals surface area contributed by atoms with Crippen LogP contribution < -0.4 is 0 Å². The highest BCUT2D eigenvalue weighted by molar-refractivity contribution is 14.1. The molecule has 0 radical (unpaired) electrons. The molecule has 0 spiro atoms. The lowest BCUT2D eigenvalue weighted by Crippen LogP contribution is -1.76. The quantitative estimate of drug-likeness (QED) is 0.496. The van der Waals surface area contributed by atoms with Gasteiger partial charge in [-0.3, -0.25) is 0 Å². The Morgan fingerprint density at radius 2 is 1.91 bits per heavy atom. The first-order chi connectivity index (χ1) is 5.20. The van der Waals surface area contributed by atoms with Crippen LogP contribution in [0.3, 0.4) is 0 Å². The van der Waals surface area contributed by atoms with Crippen molar-refractivity contribution in [3.05, 3.63) is 45.0 Å². The number of hydrogen-bond acceptors (Lipinski definition) is 0. The van der Waals surface area contributed by atoms with Crippen molar-refractivity contribution in [3.8, 4) is 0 Å². The van der Waals surface area contributed by atoms with E-state index < -0.39 is 0 Å². The molecule has 1 aromatic rings. The average molecular weight is 325 g/mol. The van der Waals surface area contributed by atoms with Crippen molar-refractivity contribution in [2.45, 2.75) is 6.92 Å². The summed E-state index contributed by atoms with van der Waals surface area (Å²) >= 11 is 5.71. The molecule has 0 aromatic heterocycles. The Hall–Kier alpha value is 0.170. The van der Waals surface area contributed by atoms with Crippen molar-refractivity contribution in [1.29, 1.82) is 0 Å². The summed E-state index contributed by atoms with van der Waals surface area (Å²) in [5, 5.41) is 0. The molecule has 0 atom stereocenters. The zero-order valence-electron chi connectivity index (χ0n) is 6.40. The van der Waals surface area contributed by atoms with Crippen LogP contribution in [0, 0.1) is 10.5 Å². The second-order valence-corrected chi connectivity index (χ2v) is 3.97. The molecule has 0 amide bonds. The molecule has 0 heterocycles. The average Bonchev–Trinajstić information content (AvgIpc) is 2.02. The van der Waals surface area contributed by atoms with Gasteiger partial charge in [-0.05, 0) is 47.2 Å². The van der Waals surface area contributed by atoms with E-state index in [1.807, 2.05) is 0 Å². The molecule has 0 fully saturated rings. The van der Waals surface area contributed by atoms with E-state index in [1.54, 1.807) is 0 Å². The van der Waals surface area contributed by atoms with Gasteiger partial charge in [-0.2, -0.15) is 0 Å². The summed E-state index contributed by atoms with van der Waals surface area (Å²) < 4.78 is 2.46. The van der Waals surface area contributed by atoms with E-state index in [0.717, 1.165) is 4.47 Å². The molecule has 2 heteroatoms. The second-order valence-electron chi connectivity index (χ2n) is 1.89. The highest BCUT2D eigenvalue weighted by atomic mass is 127. The fraction of sp³-hybridized carbons (Fsp3) is 0.111. The normalized spacial score (nSPS) is 8.27. The van der Waals surface area contributed by atoms with Crippen LogP contribution in [0.25, 0.3) is 0 Å². The Labute approximate surface area is 90.0 Å². The lowest BCUT2D eigenvalue weighted by molar-refractivity contribution is 1.41. The zero-order valence-corrected chi connectivity index (χ0v) is 10.1. The molecular weight excluding hydrogens is 315 g/mol. The summed E-state index contributed by atoms with van der Waals surface area (Å²) in [6.07, 6.45) is 0. The van der Waals surface area contributed by atoms with Gasteiger partial charge in [0.15, 0.2) is 0 Å². The van der Waals surface area contributed by atoms with Gasteiger partial charge in [0.2, 0.25) is 0 Å². The van der Waals surface area contributed by atoms with E-state index in [0.29, 0.717) is 0 Å². The first kappa shape index (κ1) is 11.2. The van der Waals surface area contributed by atoms with Gasteiger partial charge in [-0.1, -0.05) is 22.0 Å². The lowest BCUT2D eigenvalue weighted by Gasteiger charge is -1.95. The van der Waals surface area contributed by atoms with Gasteiger partial charge in [0.05, 0.1) is 0 Å². The van der Waals surface area contributed by atoms with Crippen molar-refractivity contribution < 1.29 is 0 Å². The molecule has 1 rings (SSSR count). The van der Waals surface area contributed by atoms with Gasteiger partial charge in [0, 0.05) is 8.04 Å². The largest absolute Gasteiger partial charge is 0.106 e. The predicted octanol–water partition coefficient (Wildman–Crippen LogP) is 4.16. The summed E-state index contributed by atoms with van der Waals surface area (Å²) in [6, 6.07) is 6.26. The third-order valence-corrected chi connectivity index (χ3v) is 2.79. The number of halogens is 2. The van der Waals surface area contributed by atoms with Gasteiger partial charge in [0.1, 0.15) is 0 Å². The van der Waals surface area contributed by atoms with Crippen LogP contribution in [0.15, 0.2) is 35.8 Å². The lowest BCUT2D eigenvalue weighted by atomic mass is 10.2. The van der Waals surface area contributed by atoms with Gasteiger partial charge < -0.3 is 0 Å². The maximum Gasteiger partial charge on any atom is 0.0185 e. The minimum absolute atomic E-state index is 1.15. The second kappa shape index (κ2) is 5.77. The third kappa shape index (κ3) is 3.91. The summed E-state index contributed by atoms with van der Waals surface area (Å²) in [5.74, 6) is 0. The summed E-state index contributed by atoms with van der Waals surface area (Å²) in [7, 11) is 0. The first-order valence-electron chi connectivity index (χ1n) is 3.12. The van der Waals surface area contributed by atoms with E-state index in [-0.39, 0.29) is 0 Å². The van der Waals surface area contributed by atoms with E-state index in [9.17, 15) is 0 Å². The van der Waals surface area contributed by atoms with Crippen LogP contribution in [0.2, 0.25) is 0 Å². The molecule has 0 saturated heterocycles. The monoisotopic (exact) mass is 324 g/mol. The van der Waals surface area contributed by atoms with Crippen molar-refractivity contribution >= 4 is 38.5 Å². The number of rotatable bonds is 0. The Balaban J connectivity index is 0.000000461.